The van der Waals surface area contributed by atoms with Crippen molar-refractivity contribution in [3.05, 3.63) is 12.2 Å². The van der Waals surface area contributed by atoms with Gasteiger partial charge < -0.3 is 14.9 Å². The molecule has 0 aromatic carbocycles. The molecule has 0 aromatic rings. The van der Waals surface area contributed by atoms with Crippen molar-refractivity contribution in [3.8, 4) is 0 Å². The SMILES string of the molecule is CCCN(CCN(C)C)C(=O)C1CC=CCC1C(=O)O. The van der Waals surface area contributed by atoms with E-state index in [2.05, 4.69) is 0 Å². The zero-order valence-corrected chi connectivity index (χ0v) is 12.7. The van der Waals surface area contributed by atoms with Crippen LogP contribution in [0.15, 0.2) is 12.2 Å². The van der Waals surface area contributed by atoms with Crippen LogP contribution in [-0.2, 0) is 9.59 Å². The van der Waals surface area contributed by atoms with Crippen LogP contribution in [-0.4, -0.2) is 60.5 Å². The number of hydrogen-bond acceptors (Lipinski definition) is 3. The highest BCUT2D eigenvalue weighted by molar-refractivity contribution is 5.85. The van der Waals surface area contributed by atoms with Gasteiger partial charge in [-0.25, -0.2) is 0 Å². The van der Waals surface area contributed by atoms with Crippen molar-refractivity contribution in [2.24, 2.45) is 11.8 Å². The zero-order valence-electron chi connectivity index (χ0n) is 12.7. The first-order valence-electron chi connectivity index (χ1n) is 7.28. The molecule has 5 heteroatoms. The van der Waals surface area contributed by atoms with Crippen LogP contribution in [0.2, 0.25) is 0 Å². The number of carbonyl (C=O) groups excluding carboxylic acids is 1. The van der Waals surface area contributed by atoms with E-state index in [1.807, 2.05) is 43.0 Å². The Kier molecular flexibility index (Phi) is 6.71. The van der Waals surface area contributed by atoms with Gasteiger partial charge in [0.1, 0.15) is 0 Å². The fourth-order valence-corrected chi connectivity index (χ4v) is 2.52. The molecule has 0 heterocycles. The molecule has 0 saturated heterocycles. The molecule has 114 valence electrons. The molecule has 0 spiro atoms. The first-order valence-corrected chi connectivity index (χ1v) is 7.28. The fraction of sp³-hybridized carbons (Fsp3) is 0.733. The average molecular weight is 282 g/mol. The molecule has 1 N–H and O–H groups in total. The number of carbonyl (C=O) groups is 2. The predicted molar refractivity (Wildman–Crippen MR) is 78.4 cm³/mol. The van der Waals surface area contributed by atoms with E-state index in [4.69, 9.17) is 0 Å². The summed E-state index contributed by atoms with van der Waals surface area (Å²) in [6.07, 6.45) is 5.68. The largest absolute Gasteiger partial charge is 0.481 e. The van der Waals surface area contributed by atoms with Crippen molar-refractivity contribution in [1.29, 1.82) is 0 Å². The van der Waals surface area contributed by atoms with Gasteiger partial charge in [-0.2, -0.15) is 0 Å². The van der Waals surface area contributed by atoms with Gasteiger partial charge in [-0.3, -0.25) is 9.59 Å². The summed E-state index contributed by atoms with van der Waals surface area (Å²) < 4.78 is 0. The summed E-state index contributed by atoms with van der Waals surface area (Å²) in [6, 6.07) is 0. The van der Waals surface area contributed by atoms with Crippen molar-refractivity contribution in [3.63, 3.8) is 0 Å². The third-order valence-corrected chi connectivity index (χ3v) is 3.69. The summed E-state index contributed by atoms with van der Waals surface area (Å²) in [4.78, 5) is 27.8. The number of nitrogens with zero attached hydrogens (tertiary/aromatic N) is 2. The fourth-order valence-electron chi connectivity index (χ4n) is 2.52. The lowest BCUT2D eigenvalue weighted by Crippen LogP contribution is -2.44. The Morgan fingerprint density at radius 1 is 1.10 bits per heavy atom. The molecule has 0 bridgehead atoms. The van der Waals surface area contributed by atoms with Crippen LogP contribution in [0.1, 0.15) is 26.2 Å². The van der Waals surface area contributed by atoms with Crippen LogP contribution >= 0.6 is 0 Å². The van der Waals surface area contributed by atoms with Gasteiger partial charge in [0.25, 0.3) is 0 Å². The average Bonchev–Trinajstić information content (AvgIpc) is 2.42. The monoisotopic (exact) mass is 282 g/mol. The van der Waals surface area contributed by atoms with E-state index in [-0.39, 0.29) is 5.91 Å². The van der Waals surface area contributed by atoms with Crippen LogP contribution in [0.4, 0.5) is 0 Å². The normalized spacial score (nSPS) is 22.0. The molecule has 2 atom stereocenters. The first-order chi connectivity index (χ1) is 9.47. The minimum Gasteiger partial charge on any atom is -0.481 e. The maximum Gasteiger partial charge on any atom is 0.307 e. The number of carboxylic acid groups (broad SMARTS) is 1. The van der Waals surface area contributed by atoms with Crippen molar-refractivity contribution in [2.45, 2.75) is 26.2 Å². The van der Waals surface area contributed by atoms with E-state index in [9.17, 15) is 14.7 Å². The topological polar surface area (TPSA) is 60.9 Å². The quantitative estimate of drug-likeness (QED) is 0.718. The number of carboxylic acids is 1. The van der Waals surface area contributed by atoms with Gasteiger partial charge in [-0.1, -0.05) is 19.1 Å². The van der Waals surface area contributed by atoms with Crippen LogP contribution in [0.25, 0.3) is 0 Å². The lowest BCUT2D eigenvalue weighted by Gasteiger charge is -2.31. The molecular weight excluding hydrogens is 256 g/mol. The van der Waals surface area contributed by atoms with Gasteiger partial charge in [-0.15, -0.1) is 0 Å². The summed E-state index contributed by atoms with van der Waals surface area (Å²) in [5.41, 5.74) is 0. The Morgan fingerprint density at radius 2 is 1.70 bits per heavy atom. The van der Waals surface area contributed by atoms with Crippen LogP contribution in [0.5, 0.6) is 0 Å². The highest BCUT2D eigenvalue weighted by atomic mass is 16.4. The predicted octanol–water partition coefficient (Wildman–Crippen LogP) is 1.45. The minimum atomic E-state index is -0.864. The molecule has 0 aromatic heterocycles. The second-order valence-corrected chi connectivity index (χ2v) is 5.62. The van der Waals surface area contributed by atoms with E-state index in [1.165, 1.54) is 0 Å². The number of hydrogen-bond donors (Lipinski definition) is 1. The lowest BCUT2D eigenvalue weighted by atomic mass is 9.82. The third kappa shape index (κ3) is 4.63. The Labute approximate surface area is 121 Å². The molecule has 2 unspecified atom stereocenters. The minimum absolute atomic E-state index is 0.00884. The summed E-state index contributed by atoms with van der Waals surface area (Å²) in [5, 5.41) is 9.27. The summed E-state index contributed by atoms with van der Waals surface area (Å²) >= 11 is 0. The maximum absolute atomic E-state index is 12.6. The molecule has 1 aliphatic rings. The molecular formula is C15H26N2O3. The van der Waals surface area contributed by atoms with E-state index in [0.29, 0.717) is 25.9 Å². The Morgan fingerprint density at radius 3 is 2.20 bits per heavy atom. The lowest BCUT2D eigenvalue weighted by molar-refractivity contribution is -0.150. The highest BCUT2D eigenvalue weighted by Crippen LogP contribution is 2.27. The summed E-state index contributed by atoms with van der Waals surface area (Å²) in [7, 11) is 3.94. The molecule has 1 amide bonds. The molecule has 0 fully saturated rings. The van der Waals surface area contributed by atoms with E-state index >= 15 is 0 Å². The standard InChI is InChI=1S/C15H26N2O3/c1-4-9-17(11-10-16(2)3)14(18)12-7-5-6-8-13(12)15(19)20/h5-6,12-13H,4,7-11H2,1-3H3,(H,19,20). The first kappa shape index (κ1) is 16.7. The molecule has 1 aliphatic carbocycles. The number of amides is 1. The molecule has 0 saturated carbocycles. The Hall–Kier alpha value is -1.36. The van der Waals surface area contributed by atoms with Crippen LogP contribution in [0, 0.1) is 11.8 Å². The van der Waals surface area contributed by atoms with Crippen LogP contribution < -0.4 is 0 Å². The van der Waals surface area contributed by atoms with Gasteiger partial charge in [0, 0.05) is 19.6 Å². The molecule has 0 aliphatic heterocycles. The van der Waals surface area contributed by atoms with Crippen molar-refractivity contribution in [1.82, 2.24) is 9.80 Å². The Bertz CT molecular complexity index is 366. The van der Waals surface area contributed by atoms with Gasteiger partial charge in [0.15, 0.2) is 0 Å². The molecule has 0 radical (unpaired) electrons. The van der Waals surface area contributed by atoms with Gasteiger partial charge in [0.2, 0.25) is 5.91 Å². The highest BCUT2D eigenvalue weighted by Gasteiger charge is 2.36. The third-order valence-electron chi connectivity index (χ3n) is 3.69. The summed E-state index contributed by atoms with van der Waals surface area (Å²) in [6.45, 7) is 4.18. The van der Waals surface area contributed by atoms with E-state index in [1.54, 1.807) is 0 Å². The number of likely N-dealkylation sites (N-methyl/N-ethyl adjacent to an activating group) is 1. The van der Waals surface area contributed by atoms with E-state index < -0.39 is 17.8 Å². The zero-order chi connectivity index (χ0) is 15.1. The number of allylic oxidation sites excluding steroid dienone is 2. The molecule has 1 rings (SSSR count). The second-order valence-electron chi connectivity index (χ2n) is 5.62. The van der Waals surface area contributed by atoms with Gasteiger partial charge in [0.05, 0.1) is 11.8 Å². The van der Waals surface area contributed by atoms with Crippen molar-refractivity contribution < 1.29 is 14.7 Å². The van der Waals surface area contributed by atoms with Crippen molar-refractivity contribution in [2.75, 3.05) is 33.7 Å². The maximum atomic E-state index is 12.6. The Balaban J connectivity index is 2.75. The van der Waals surface area contributed by atoms with Gasteiger partial charge in [-0.05, 0) is 33.4 Å². The van der Waals surface area contributed by atoms with Gasteiger partial charge >= 0.3 is 5.97 Å². The van der Waals surface area contributed by atoms with E-state index in [0.717, 1.165) is 13.0 Å². The molecule has 5 nitrogen and oxygen atoms in total. The summed E-state index contributed by atoms with van der Waals surface area (Å²) in [5.74, 6) is -1.86. The smallest absolute Gasteiger partial charge is 0.307 e. The van der Waals surface area contributed by atoms with Crippen LogP contribution in [0.3, 0.4) is 0 Å². The number of rotatable bonds is 7. The number of aliphatic carboxylic acids is 1. The van der Waals surface area contributed by atoms with Crippen molar-refractivity contribution >= 4 is 11.9 Å². The second kappa shape index (κ2) is 8.04. The molecule has 20 heavy (non-hydrogen) atoms.